The van der Waals surface area contributed by atoms with Gasteiger partial charge >= 0.3 is 6.03 Å². The molecule has 2 heterocycles. The minimum Gasteiger partial charge on any atom is -0.325 e. The van der Waals surface area contributed by atoms with Crippen molar-refractivity contribution in [1.29, 1.82) is 0 Å². The van der Waals surface area contributed by atoms with Crippen LogP contribution in [0, 0.1) is 0 Å². The van der Waals surface area contributed by atoms with Crippen molar-refractivity contribution in [1.82, 2.24) is 10.6 Å². The zero-order valence-electron chi connectivity index (χ0n) is 17.7. The minimum atomic E-state index is -0.949. The Kier molecular flexibility index (Phi) is 4.56. The molecule has 8 nitrogen and oxygen atoms in total. The van der Waals surface area contributed by atoms with Crippen LogP contribution in [-0.2, 0) is 27.2 Å². The number of imide groups is 1. The number of carbonyl (C=O) groups excluding carboxylic acids is 4. The molecule has 1 saturated heterocycles. The lowest BCUT2D eigenvalue weighted by molar-refractivity contribution is -0.123. The molecule has 3 N–H and O–H groups in total. The molecule has 1 aliphatic carbocycles. The summed E-state index contributed by atoms with van der Waals surface area (Å²) < 4.78 is -0.664. The summed E-state index contributed by atoms with van der Waals surface area (Å²) in [5, 5.41) is 7.90. The number of thioether (sulfide) groups is 1. The van der Waals surface area contributed by atoms with E-state index in [2.05, 4.69) is 16.0 Å². The first kappa shape index (κ1) is 20.6. The van der Waals surface area contributed by atoms with Gasteiger partial charge in [-0.25, -0.2) is 4.79 Å². The van der Waals surface area contributed by atoms with Crippen molar-refractivity contribution in [2.75, 3.05) is 16.8 Å². The Morgan fingerprint density at radius 2 is 1.84 bits per heavy atom. The second-order valence-electron chi connectivity index (χ2n) is 8.85. The molecular weight excluding hydrogens is 428 g/mol. The number of urea groups is 1. The summed E-state index contributed by atoms with van der Waals surface area (Å²) in [6, 6.07) is 12.5. The number of hydrogen-bond donors (Lipinski definition) is 3. The summed E-state index contributed by atoms with van der Waals surface area (Å²) in [7, 11) is 0. The van der Waals surface area contributed by atoms with Crippen LogP contribution < -0.4 is 20.9 Å². The maximum absolute atomic E-state index is 13.0. The Balaban J connectivity index is 1.33. The predicted molar refractivity (Wildman–Crippen MR) is 121 cm³/mol. The quantitative estimate of drug-likeness (QED) is 0.622. The molecule has 5 amide bonds. The number of nitrogens with one attached hydrogen (secondary N) is 3. The molecule has 1 fully saturated rings. The molecule has 2 aromatic rings. The van der Waals surface area contributed by atoms with Crippen LogP contribution in [0.3, 0.4) is 0 Å². The molecule has 5 rings (SSSR count). The minimum absolute atomic E-state index is 0.0979. The van der Waals surface area contributed by atoms with Gasteiger partial charge in [-0.15, -0.1) is 11.8 Å². The molecule has 32 heavy (non-hydrogen) atoms. The fourth-order valence-electron chi connectivity index (χ4n) is 4.55. The van der Waals surface area contributed by atoms with Crippen molar-refractivity contribution in [2.45, 2.75) is 41.9 Å². The number of nitrogens with zero attached hydrogens (tertiary/aromatic N) is 1. The van der Waals surface area contributed by atoms with E-state index in [9.17, 15) is 19.2 Å². The van der Waals surface area contributed by atoms with E-state index in [0.717, 1.165) is 21.7 Å². The predicted octanol–water partition coefficient (Wildman–Crippen LogP) is 2.22. The molecule has 1 spiro atoms. The third kappa shape index (κ3) is 3.33. The van der Waals surface area contributed by atoms with Crippen LogP contribution in [0.1, 0.15) is 25.0 Å². The van der Waals surface area contributed by atoms with Crippen molar-refractivity contribution in [3.63, 3.8) is 0 Å². The van der Waals surface area contributed by atoms with E-state index in [1.807, 2.05) is 50.2 Å². The van der Waals surface area contributed by atoms with Crippen molar-refractivity contribution in [3.8, 4) is 0 Å². The first-order valence-corrected chi connectivity index (χ1v) is 11.1. The van der Waals surface area contributed by atoms with E-state index >= 15 is 0 Å². The number of carbonyl (C=O) groups is 4. The summed E-state index contributed by atoms with van der Waals surface area (Å²) in [4.78, 5) is 52.2. The maximum atomic E-state index is 13.0. The molecule has 2 aliphatic heterocycles. The van der Waals surface area contributed by atoms with E-state index < -0.39 is 16.3 Å². The van der Waals surface area contributed by atoms with Crippen LogP contribution in [0.15, 0.2) is 47.4 Å². The highest BCUT2D eigenvalue weighted by Crippen LogP contribution is 2.44. The summed E-state index contributed by atoms with van der Waals surface area (Å²) in [6.45, 7) is 3.61. The van der Waals surface area contributed by atoms with Gasteiger partial charge in [-0.1, -0.05) is 18.2 Å². The number of hydrogen-bond acceptors (Lipinski definition) is 5. The highest BCUT2D eigenvalue weighted by atomic mass is 32.2. The highest BCUT2D eigenvalue weighted by Gasteiger charge is 2.50. The smallest absolute Gasteiger partial charge is 0.322 e. The van der Waals surface area contributed by atoms with Crippen LogP contribution in [0.2, 0.25) is 0 Å². The third-order valence-electron chi connectivity index (χ3n) is 6.07. The molecule has 3 aliphatic rings. The second kappa shape index (κ2) is 7.09. The van der Waals surface area contributed by atoms with Crippen LogP contribution >= 0.6 is 11.8 Å². The number of para-hydroxylation sites is 1. The van der Waals surface area contributed by atoms with Gasteiger partial charge in [0, 0.05) is 23.4 Å². The van der Waals surface area contributed by atoms with Gasteiger partial charge in [-0.2, -0.15) is 0 Å². The van der Waals surface area contributed by atoms with Gasteiger partial charge in [0.1, 0.15) is 12.1 Å². The Labute approximate surface area is 189 Å². The molecular formula is C23H22N4O4S. The number of amides is 5. The monoisotopic (exact) mass is 450 g/mol. The largest absolute Gasteiger partial charge is 0.325 e. The van der Waals surface area contributed by atoms with E-state index in [1.54, 1.807) is 6.07 Å². The second-order valence-corrected chi connectivity index (χ2v) is 10.5. The first-order valence-electron chi connectivity index (χ1n) is 10.3. The Bertz CT molecular complexity index is 1190. The SMILES string of the molecule is CC1(C)Sc2ccccc2N(CC(=O)Nc2ccc3c(c2)CC2(C3)NC(=O)NC2=O)C1=O. The number of benzene rings is 2. The van der Waals surface area contributed by atoms with Gasteiger partial charge in [-0.3, -0.25) is 19.7 Å². The molecule has 0 bridgehead atoms. The van der Waals surface area contributed by atoms with Crippen molar-refractivity contribution in [2.24, 2.45) is 0 Å². The number of rotatable bonds is 3. The number of fused-ring (bicyclic) bond motifs is 2. The third-order valence-corrected chi connectivity index (χ3v) is 7.32. The molecule has 1 atom stereocenters. The lowest BCUT2D eigenvalue weighted by Gasteiger charge is -2.37. The van der Waals surface area contributed by atoms with Crippen LogP contribution in [0.25, 0.3) is 0 Å². The Morgan fingerprint density at radius 1 is 1.09 bits per heavy atom. The standard InChI is InChI=1S/C23H22N4O4S/c1-22(2)20(30)27(16-5-3-4-6-17(16)32-22)12-18(28)24-15-8-7-13-10-23(11-14(13)9-15)19(29)25-21(31)26-23/h3-9H,10-12H2,1-2H3,(H,24,28)(H2,25,26,29,31). The van der Waals surface area contributed by atoms with E-state index in [-0.39, 0.29) is 24.3 Å². The van der Waals surface area contributed by atoms with Gasteiger partial charge in [0.05, 0.1) is 10.4 Å². The molecule has 164 valence electrons. The lowest BCUT2D eigenvalue weighted by Crippen LogP contribution is -2.49. The molecule has 1 unspecified atom stereocenters. The summed E-state index contributed by atoms with van der Waals surface area (Å²) >= 11 is 1.49. The van der Waals surface area contributed by atoms with Crippen LogP contribution in [0.5, 0.6) is 0 Å². The van der Waals surface area contributed by atoms with Gasteiger partial charge in [0.15, 0.2) is 0 Å². The van der Waals surface area contributed by atoms with Gasteiger partial charge in [-0.05, 0) is 49.2 Å². The summed E-state index contributed by atoms with van der Waals surface area (Å²) in [6.07, 6.45) is 0.785. The van der Waals surface area contributed by atoms with E-state index in [4.69, 9.17) is 0 Å². The molecule has 0 aromatic heterocycles. The van der Waals surface area contributed by atoms with Crippen molar-refractivity contribution < 1.29 is 19.2 Å². The van der Waals surface area contributed by atoms with Gasteiger partial charge in [0.2, 0.25) is 11.8 Å². The zero-order valence-corrected chi connectivity index (χ0v) is 18.5. The van der Waals surface area contributed by atoms with Crippen LogP contribution in [-0.4, -0.2) is 40.6 Å². The molecule has 0 saturated carbocycles. The van der Waals surface area contributed by atoms with Crippen molar-refractivity contribution in [3.05, 3.63) is 53.6 Å². The van der Waals surface area contributed by atoms with Crippen LogP contribution in [0.4, 0.5) is 16.2 Å². The topological polar surface area (TPSA) is 108 Å². The molecule has 0 radical (unpaired) electrons. The average Bonchev–Trinajstić information content (AvgIpc) is 3.22. The summed E-state index contributed by atoms with van der Waals surface area (Å²) in [5.41, 5.74) is 2.23. The fraction of sp³-hybridized carbons (Fsp3) is 0.304. The first-order chi connectivity index (χ1) is 15.2. The maximum Gasteiger partial charge on any atom is 0.322 e. The molecule has 9 heteroatoms. The molecule has 2 aromatic carbocycles. The van der Waals surface area contributed by atoms with Gasteiger partial charge in [0.25, 0.3) is 5.91 Å². The summed E-state index contributed by atoms with van der Waals surface area (Å²) in [5.74, 6) is -0.752. The Hall–Kier alpha value is -3.33. The average molecular weight is 451 g/mol. The highest BCUT2D eigenvalue weighted by molar-refractivity contribution is 8.01. The van der Waals surface area contributed by atoms with E-state index in [1.165, 1.54) is 16.7 Å². The lowest BCUT2D eigenvalue weighted by atomic mass is 9.96. The van der Waals surface area contributed by atoms with Crippen molar-refractivity contribution >= 4 is 46.9 Å². The van der Waals surface area contributed by atoms with Gasteiger partial charge < -0.3 is 15.5 Å². The normalized spacial score (nSPS) is 22.9. The number of anilines is 2. The fourth-order valence-corrected chi connectivity index (χ4v) is 5.73. The zero-order chi connectivity index (χ0) is 22.7. The van der Waals surface area contributed by atoms with E-state index in [0.29, 0.717) is 18.5 Å². The Morgan fingerprint density at radius 3 is 2.59 bits per heavy atom.